The quantitative estimate of drug-likeness (QED) is 0.749. The lowest BCUT2D eigenvalue weighted by atomic mass is 10.1. The van der Waals surface area contributed by atoms with E-state index >= 15 is 0 Å². The molecule has 1 aromatic rings. The van der Waals surface area contributed by atoms with Crippen LogP contribution < -0.4 is 0 Å². The number of hydrogen-bond acceptors (Lipinski definition) is 2. The van der Waals surface area contributed by atoms with E-state index in [0.29, 0.717) is 6.54 Å². The van der Waals surface area contributed by atoms with Gasteiger partial charge in [0.1, 0.15) is 5.60 Å². The Balaban J connectivity index is 2.59. The minimum Gasteiger partial charge on any atom is -0.381 e. The Bertz CT molecular complexity index is 298. The Morgan fingerprint density at radius 3 is 2.71 bits per heavy atom. The molecular formula is C10H16N2O2. The van der Waals surface area contributed by atoms with Crippen LogP contribution >= 0.6 is 0 Å². The van der Waals surface area contributed by atoms with Crippen LogP contribution in [0.5, 0.6) is 0 Å². The summed E-state index contributed by atoms with van der Waals surface area (Å²) in [5.41, 5.74) is -0.282. The number of rotatable bonds is 3. The Hall–Kier alpha value is -1.29. The van der Waals surface area contributed by atoms with Crippen LogP contribution in [0.2, 0.25) is 0 Å². The molecule has 2 N–H and O–H groups in total. The molecule has 0 spiro atoms. The topological polar surface area (TPSA) is 56.3 Å². The van der Waals surface area contributed by atoms with Gasteiger partial charge in [-0.2, -0.15) is 0 Å². The largest absolute Gasteiger partial charge is 0.381 e. The first-order valence-electron chi connectivity index (χ1n) is 4.51. The second-order valence-electron chi connectivity index (χ2n) is 3.94. The third-order valence-electron chi connectivity index (χ3n) is 1.95. The predicted octanol–water partition coefficient (Wildman–Crippen LogP) is 0.744. The van der Waals surface area contributed by atoms with Crippen molar-refractivity contribution < 1.29 is 9.90 Å². The van der Waals surface area contributed by atoms with Crippen LogP contribution in [0.4, 0.5) is 0 Å². The summed E-state index contributed by atoms with van der Waals surface area (Å²) in [5.74, 6) is -0.279. The van der Waals surface area contributed by atoms with Crippen LogP contribution in [-0.4, -0.2) is 33.5 Å². The standard InChI is InChI=1S/C10H16N2O2/c1-10(2,14)9(13)12(3)7-8-4-5-11-6-8/h4-6,11,14H,7H2,1-3H3. The van der Waals surface area contributed by atoms with E-state index in [1.54, 1.807) is 13.2 Å². The highest BCUT2D eigenvalue weighted by Gasteiger charge is 2.27. The summed E-state index contributed by atoms with van der Waals surface area (Å²) in [5, 5.41) is 9.49. The second-order valence-corrected chi connectivity index (χ2v) is 3.94. The van der Waals surface area contributed by atoms with E-state index in [-0.39, 0.29) is 5.91 Å². The minimum absolute atomic E-state index is 0.279. The molecule has 14 heavy (non-hydrogen) atoms. The molecule has 0 atom stereocenters. The van der Waals surface area contributed by atoms with E-state index < -0.39 is 5.60 Å². The van der Waals surface area contributed by atoms with Gasteiger partial charge < -0.3 is 15.0 Å². The van der Waals surface area contributed by atoms with Gasteiger partial charge in [0, 0.05) is 26.0 Å². The summed E-state index contributed by atoms with van der Waals surface area (Å²) in [6.07, 6.45) is 3.63. The SMILES string of the molecule is CN(Cc1cc[nH]c1)C(=O)C(C)(C)O. The Morgan fingerprint density at radius 2 is 2.29 bits per heavy atom. The van der Waals surface area contributed by atoms with E-state index in [1.165, 1.54) is 18.7 Å². The molecule has 0 unspecified atom stereocenters. The predicted molar refractivity (Wildman–Crippen MR) is 53.6 cm³/mol. The van der Waals surface area contributed by atoms with Crippen molar-refractivity contribution in [2.45, 2.75) is 26.0 Å². The van der Waals surface area contributed by atoms with Crippen molar-refractivity contribution >= 4 is 5.91 Å². The van der Waals surface area contributed by atoms with E-state index in [9.17, 15) is 9.90 Å². The van der Waals surface area contributed by atoms with Crippen molar-refractivity contribution in [3.63, 3.8) is 0 Å². The molecular weight excluding hydrogens is 180 g/mol. The molecule has 0 aromatic carbocycles. The smallest absolute Gasteiger partial charge is 0.253 e. The van der Waals surface area contributed by atoms with Crippen LogP contribution in [0.1, 0.15) is 19.4 Å². The zero-order valence-corrected chi connectivity index (χ0v) is 8.74. The summed E-state index contributed by atoms with van der Waals surface area (Å²) in [6.45, 7) is 3.48. The van der Waals surface area contributed by atoms with Crippen LogP contribution in [0.15, 0.2) is 18.5 Å². The Kier molecular flexibility index (Phi) is 2.96. The number of nitrogens with one attached hydrogen (secondary N) is 1. The van der Waals surface area contributed by atoms with Gasteiger partial charge in [0.15, 0.2) is 0 Å². The third-order valence-corrected chi connectivity index (χ3v) is 1.95. The molecule has 0 aliphatic heterocycles. The lowest BCUT2D eigenvalue weighted by Gasteiger charge is -2.24. The normalized spacial score (nSPS) is 11.4. The van der Waals surface area contributed by atoms with Gasteiger partial charge in [-0.1, -0.05) is 0 Å². The average Bonchev–Trinajstić information content (AvgIpc) is 2.53. The minimum atomic E-state index is -1.30. The number of carbonyl (C=O) groups excluding carboxylic acids is 1. The van der Waals surface area contributed by atoms with Gasteiger partial charge >= 0.3 is 0 Å². The summed E-state index contributed by atoms with van der Waals surface area (Å²) < 4.78 is 0. The molecule has 0 aliphatic rings. The molecule has 1 heterocycles. The van der Waals surface area contributed by atoms with E-state index in [0.717, 1.165) is 5.56 Å². The number of amides is 1. The number of H-pyrrole nitrogens is 1. The maximum Gasteiger partial charge on any atom is 0.253 e. The molecule has 78 valence electrons. The zero-order chi connectivity index (χ0) is 10.8. The molecule has 0 bridgehead atoms. The summed E-state index contributed by atoms with van der Waals surface area (Å²) in [4.78, 5) is 16.0. The Labute approximate surface area is 83.5 Å². The molecule has 4 heteroatoms. The van der Waals surface area contributed by atoms with Crippen molar-refractivity contribution in [3.8, 4) is 0 Å². The van der Waals surface area contributed by atoms with Crippen molar-refractivity contribution in [3.05, 3.63) is 24.0 Å². The molecule has 1 aromatic heterocycles. The second kappa shape index (κ2) is 3.84. The van der Waals surface area contributed by atoms with Crippen LogP contribution in [0.3, 0.4) is 0 Å². The molecule has 4 nitrogen and oxygen atoms in total. The number of aromatic nitrogens is 1. The maximum atomic E-state index is 11.6. The van der Waals surface area contributed by atoms with Gasteiger partial charge in [-0.15, -0.1) is 0 Å². The fourth-order valence-electron chi connectivity index (χ4n) is 1.27. The van der Waals surface area contributed by atoms with Gasteiger partial charge in [-0.05, 0) is 25.5 Å². The first-order valence-corrected chi connectivity index (χ1v) is 4.51. The van der Waals surface area contributed by atoms with E-state index in [2.05, 4.69) is 4.98 Å². The fourth-order valence-corrected chi connectivity index (χ4v) is 1.27. The molecule has 0 saturated carbocycles. The number of carbonyl (C=O) groups is 1. The highest BCUT2D eigenvalue weighted by atomic mass is 16.3. The Morgan fingerprint density at radius 1 is 1.64 bits per heavy atom. The number of nitrogens with zero attached hydrogens (tertiary/aromatic N) is 1. The van der Waals surface area contributed by atoms with Gasteiger partial charge in [-0.25, -0.2) is 0 Å². The summed E-state index contributed by atoms with van der Waals surface area (Å²) >= 11 is 0. The van der Waals surface area contributed by atoms with E-state index in [1.807, 2.05) is 12.3 Å². The molecule has 0 radical (unpaired) electrons. The van der Waals surface area contributed by atoms with Gasteiger partial charge in [0.2, 0.25) is 0 Å². The van der Waals surface area contributed by atoms with Crippen molar-refractivity contribution in [2.75, 3.05) is 7.05 Å². The van der Waals surface area contributed by atoms with Crippen LogP contribution in [0, 0.1) is 0 Å². The third kappa shape index (κ3) is 2.60. The maximum absolute atomic E-state index is 11.6. The molecule has 1 amide bonds. The monoisotopic (exact) mass is 196 g/mol. The number of aliphatic hydroxyl groups is 1. The highest BCUT2D eigenvalue weighted by molar-refractivity contribution is 5.83. The van der Waals surface area contributed by atoms with Gasteiger partial charge in [-0.3, -0.25) is 4.79 Å². The van der Waals surface area contributed by atoms with Crippen LogP contribution in [0.25, 0.3) is 0 Å². The lowest BCUT2D eigenvalue weighted by molar-refractivity contribution is -0.146. The summed E-state index contributed by atoms with van der Waals surface area (Å²) in [7, 11) is 1.67. The molecule has 0 aliphatic carbocycles. The lowest BCUT2D eigenvalue weighted by Crippen LogP contribution is -2.42. The fraction of sp³-hybridized carbons (Fsp3) is 0.500. The van der Waals surface area contributed by atoms with E-state index in [4.69, 9.17) is 0 Å². The highest BCUT2D eigenvalue weighted by Crippen LogP contribution is 2.09. The molecule has 0 saturated heterocycles. The zero-order valence-electron chi connectivity index (χ0n) is 8.74. The van der Waals surface area contributed by atoms with Crippen molar-refractivity contribution in [2.24, 2.45) is 0 Å². The van der Waals surface area contributed by atoms with Crippen LogP contribution in [-0.2, 0) is 11.3 Å². The molecule has 1 rings (SSSR count). The first kappa shape index (κ1) is 10.8. The number of hydrogen-bond donors (Lipinski definition) is 2. The van der Waals surface area contributed by atoms with Gasteiger partial charge in [0.25, 0.3) is 5.91 Å². The number of likely N-dealkylation sites (N-methyl/N-ethyl adjacent to an activating group) is 1. The first-order chi connectivity index (χ1) is 6.41. The van der Waals surface area contributed by atoms with Crippen molar-refractivity contribution in [1.82, 2.24) is 9.88 Å². The average molecular weight is 196 g/mol. The summed E-state index contributed by atoms with van der Waals surface area (Å²) in [6, 6.07) is 1.90. The molecule has 0 fully saturated rings. The van der Waals surface area contributed by atoms with Crippen molar-refractivity contribution in [1.29, 1.82) is 0 Å². The number of aromatic amines is 1. The van der Waals surface area contributed by atoms with Gasteiger partial charge in [0.05, 0.1) is 0 Å².